The van der Waals surface area contributed by atoms with Crippen LogP contribution in [0.15, 0.2) is 36.4 Å². The number of nitriles is 1. The van der Waals surface area contributed by atoms with Gasteiger partial charge in [-0.3, -0.25) is 0 Å². The molecule has 0 amide bonds. The topological polar surface area (TPSA) is 120 Å². The van der Waals surface area contributed by atoms with Crippen molar-refractivity contribution in [1.82, 2.24) is 9.97 Å². The molecule has 0 saturated heterocycles. The lowest BCUT2D eigenvalue weighted by Crippen LogP contribution is -2.05. The molecule has 9 heteroatoms. The predicted octanol–water partition coefficient (Wildman–Crippen LogP) is 3.56. The predicted molar refractivity (Wildman–Crippen MR) is 103 cm³/mol. The second-order valence-electron chi connectivity index (χ2n) is 5.69. The highest BCUT2D eigenvalue weighted by Gasteiger charge is 2.16. The highest BCUT2D eigenvalue weighted by Crippen LogP contribution is 2.31. The maximum atomic E-state index is 13.2. The minimum atomic E-state index is -0.458. The lowest BCUT2D eigenvalue weighted by Gasteiger charge is -2.14. The van der Waals surface area contributed by atoms with Crippen LogP contribution < -0.4 is 20.9 Å². The number of halogens is 2. The molecule has 0 aliphatic carbocycles. The summed E-state index contributed by atoms with van der Waals surface area (Å²) in [5.74, 6) is 0.370. The van der Waals surface area contributed by atoms with Gasteiger partial charge in [0.05, 0.1) is 17.8 Å². The second kappa shape index (κ2) is 7.98. The van der Waals surface area contributed by atoms with Crippen LogP contribution in [-0.2, 0) is 6.61 Å². The van der Waals surface area contributed by atoms with Crippen molar-refractivity contribution in [3.63, 3.8) is 0 Å². The number of aromatic nitrogens is 2. The van der Waals surface area contributed by atoms with Crippen molar-refractivity contribution >= 4 is 23.4 Å². The molecular weight excluding hydrogens is 385 g/mol. The summed E-state index contributed by atoms with van der Waals surface area (Å²) in [6.45, 7) is 0.0836. The fraction of sp³-hybridized carbons (Fsp3) is 0.105. The summed E-state index contributed by atoms with van der Waals surface area (Å²) in [6, 6.07) is 11.0. The molecule has 28 heavy (non-hydrogen) atoms. The van der Waals surface area contributed by atoms with Crippen molar-refractivity contribution in [2.24, 2.45) is 0 Å². The number of ether oxygens (including phenoxy) is 2. The van der Waals surface area contributed by atoms with Gasteiger partial charge in [0.15, 0.2) is 0 Å². The van der Waals surface area contributed by atoms with E-state index in [1.807, 2.05) is 6.07 Å². The number of hydrogen-bond donors (Lipinski definition) is 2. The molecule has 0 radical (unpaired) electrons. The van der Waals surface area contributed by atoms with Gasteiger partial charge in [0.2, 0.25) is 5.95 Å². The number of nitrogen functional groups attached to an aromatic ring is 2. The maximum Gasteiger partial charge on any atom is 0.222 e. The molecule has 2 aromatic carbocycles. The first-order valence-corrected chi connectivity index (χ1v) is 8.39. The highest BCUT2D eigenvalue weighted by atomic mass is 35.5. The van der Waals surface area contributed by atoms with E-state index in [-0.39, 0.29) is 29.0 Å². The Kier molecular flexibility index (Phi) is 5.47. The van der Waals surface area contributed by atoms with Crippen molar-refractivity contribution in [1.29, 1.82) is 5.26 Å². The Hall–Kier alpha value is -3.57. The van der Waals surface area contributed by atoms with Crippen LogP contribution in [0.4, 0.5) is 16.2 Å². The molecule has 142 valence electrons. The number of nitrogens with zero attached hydrogens (tertiary/aromatic N) is 3. The normalized spacial score (nSPS) is 10.4. The van der Waals surface area contributed by atoms with E-state index in [1.165, 1.54) is 19.2 Å². The van der Waals surface area contributed by atoms with E-state index in [4.69, 9.17) is 32.5 Å². The largest absolute Gasteiger partial charge is 0.496 e. The van der Waals surface area contributed by atoms with E-state index in [2.05, 4.69) is 9.97 Å². The molecule has 3 rings (SSSR count). The van der Waals surface area contributed by atoms with Gasteiger partial charge >= 0.3 is 0 Å². The summed E-state index contributed by atoms with van der Waals surface area (Å²) >= 11 is 5.99. The fourth-order valence-corrected chi connectivity index (χ4v) is 2.82. The van der Waals surface area contributed by atoms with Gasteiger partial charge < -0.3 is 20.9 Å². The van der Waals surface area contributed by atoms with E-state index in [0.29, 0.717) is 28.3 Å². The summed E-state index contributed by atoms with van der Waals surface area (Å²) in [5, 5.41) is 9.53. The zero-order valence-electron chi connectivity index (χ0n) is 14.7. The number of anilines is 2. The molecule has 0 saturated carbocycles. The van der Waals surface area contributed by atoms with Gasteiger partial charge in [0.25, 0.3) is 0 Å². The van der Waals surface area contributed by atoms with Crippen LogP contribution in [0, 0.1) is 17.1 Å². The van der Waals surface area contributed by atoms with Gasteiger partial charge in [-0.15, -0.1) is 0 Å². The van der Waals surface area contributed by atoms with Crippen molar-refractivity contribution in [2.45, 2.75) is 6.61 Å². The molecule has 3 aromatic rings. The first kappa shape index (κ1) is 19.2. The van der Waals surface area contributed by atoms with Crippen molar-refractivity contribution < 1.29 is 13.9 Å². The minimum absolute atomic E-state index is 0.00304. The average Bonchev–Trinajstić information content (AvgIpc) is 2.66. The number of methoxy groups -OCH3 is 1. The Bertz CT molecular complexity index is 1080. The van der Waals surface area contributed by atoms with Crippen LogP contribution in [0.25, 0.3) is 11.3 Å². The maximum absolute atomic E-state index is 13.2. The smallest absolute Gasteiger partial charge is 0.222 e. The third-order valence-electron chi connectivity index (χ3n) is 3.90. The van der Waals surface area contributed by atoms with E-state index >= 15 is 0 Å². The highest BCUT2D eigenvalue weighted by molar-refractivity contribution is 6.32. The van der Waals surface area contributed by atoms with Crippen LogP contribution in [0.2, 0.25) is 5.02 Å². The molecular formula is C19H15ClFN5O2. The van der Waals surface area contributed by atoms with E-state index < -0.39 is 5.82 Å². The van der Waals surface area contributed by atoms with Gasteiger partial charge in [-0.2, -0.15) is 10.2 Å². The Morgan fingerprint density at radius 1 is 1.14 bits per heavy atom. The van der Waals surface area contributed by atoms with Gasteiger partial charge in [-0.25, -0.2) is 9.37 Å². The molecule has 0 aliphatic rings. The molecule has 0 bridgehead atoms. The first-order chi connectivity index (χ1) is 13.4. The van der Waals surface area contributed by atoms with Gasteiger partial charge in [-0.1, -0.05) is 11.6 Å². The summed E-state index contributed by atoms with van der Waals surface area (Å²) < 4.78 is 24.2. The molecule has 0 spiro atoms. The van der Waals surface area contributed by atoms with Gasteiger partial charge in [0.1, 0.15) is 41.4 Å². The quantitative estimate of drug-likeness (QED) is 0.672. The van der Waals surface area contributed by atoms with Crippen LogP contribution in [0.3, 0.4) is 0 Å². The van der Waals surface area contributed by atoms with E-state index in [0.717, 1.165) is 6.07 Å². The monoisotopic (exact) mass is 399 g/mol. The molecule has 7 nitrogen and oxygen atoms in total. The summed E-state index contributed by atoms with van der Waals surface area (Å²) in [6.07, 6.45) is 0. The molecule has 1 aromatic heterocycles. The van der Waals surface area contributed by atoms with Crippen molar-refractivity contribution in [3.8, 4) is 28.8 Å². The molecule has 1 heterocycles. The van der Waals surface area contributed by atoms with Crippen LogP contribution in [0.1, 0.15) is 11.1 Å². The summed E-state index contributed by atoms with van der Waals surface area (Å²) in [7, 11) is 1.52. The third kappa shape index (κ3) is 3.89. The third-order valence-corrected chi connectivity index (χ3v) is 4.19. The fourth-order valence-electron chi connectivity index (χ4n) is 2.60. The minimum Gasteiger partial charge on any atom is -0.496 e. The molecule has 0 atom stereocenters. The number of nitrogens with two attached hydrogens (primary N) is 2. The zero-order valence-corrected chi connectivity index (χ0v) is 15.5. The van der Waals surface area contributed by atoms with Gasteiger partial charge in [0, 0.05) is 11.1 Å². The summed E-state index contributed by atoms with van der Waals surface area (Å²) in [5.41, 5.74) is 13.1. The molecule has 0 unspecified atom stereocenters. The molecule has 0 fully saturated rings. The van der Waals surface area contributed by atoms with E-state index in [9.17, 15) is 9.65 Å². The second-order valence-corrected chi connectivity index (χ2v) is 6.10. The lowest BCUT2D eigenvalue weighted by atomic mass is 10.0. The van der Waals surface area contributed by atoms with Crippen molar-refractivity contribution in [3.05, 3.63) is 58.4 Å². The lowest BCUT2D eigenvalue weighted by molar-refractivity contribution is 0.296. The number of benzene rings is 2. The van der Waals surface area contributed by atoms with Crippen LogP contribution >= 0.6 is 11.6 Å². The molecule has 4 N–H and O–H groups in total. The van der Waals surface area contributed by atoms with Crippen molar-refractivity contribution in [2.75, 3.05) is 18.6 Å². The van der Waals surface area contributed by atoms with Crippen LogP contribution in [0.5, 0.6) is 11.5 Å². The Morgan fingerprint density at radius 3 is 2.57 bits per heavy atom. The number of hydrogen-bond acceptors (Lipinski definition) is 7. The number of rotatable bonds is 5. The molecule has 0 aliphatic heterocycles. The zero-order chi connectivity index (χ0) is 20.3. The summed E-state index contributed by atoms with van der Waals surface area (Å²) in [4.78, 5) is 7.94. The Morgan fingerprint density at radius 2 is 1.89 bits per heavy atom. The van der Waals surface area contributed by atoms with Gasteiger partial charge in [-0.05, 0) is 36.4 Å². The standard InChI is InChI=1S/C19H15ClFN5O2/c1-27-15-4-2-10(17-13(8-22)18(23)26-19(24)25-17)6-11(15)9-28-16-5-3-12(21)7-14(16)20/h2-7H,9H2,1H3,(H4,23,24,25,26). The van der Waals surface area contributed by atoms with Crippen LogP contribution in [-0.4, -0.2) is 17.1 Å². The first-order valence-electron chi connectivity index (χ1n) is 8.01. The Balaban J connectivity index is 1.98. The Labute approximate surface area is 165 Å². The SMILES string of the molecule is COc1ccc(-c2nc(N)nc(N)c2C#N)cc1COc1ccc(F)cc1Cl. The van der Waals surface area contributed by atoms with E-state index in [1.54, 1.807) is 18.2 Å². The average molecular weight is 400 g/mol.